The molecule has 2 aromatic rings. The fourth-order valence-corrected chi connectivity index (χ4v) is 5.25. The number of nitrogens with one attached hydrogen (secondary N) is 1. The molecule has 35 heavy (non-hydrogen) atoms. The Morgan fingerprint density at radius 2 is 1.69 bits per heavy atom. The molecule has 1 saturated heterocycles. The largest absolute Gasteiger partial charge is 0.480 e. The van der Waals surface area contributed by atoms with Crippen molar-refractivity contribution in [3.05, 3.63) is 71.8 Å². The Morgan fingerprint density at radius 1 is 1.09 bits per heavy atom. The molecule has 0 radical (unpaired) electrons. The summed E-state index contributed by atoms with van der Waals surface area (Å²) in [6, 6.07) is 16.7. The van der Waals surface area contributed by atoms with Gasteiger partial charge in [0.25, 0.3) is 5.91 Å². The first-order chi connectivity index (χ1) is 16.7. The Kier molecular flexibility index (Phi) is 9.03. The second-order valence-corrected chi connectivity index (χ2v) is 10.2. The molecule has 4 atom stereocenters. The fraction of sp³-hybridized carbons (Fsp3) is 0.375. The van der Waals surface area contributed by atoms with Gasteiger partial charge in [-0.2, -0.15) is 0 Å². The fourth-order valence-electron chi connectivity index (χ4n) is 3.85. The highest BCUT2D eigenvalue weighted by Gasteiger charge is 2.41. The van der Waals surface area contributed by atoms with Crippen LogP contribution in [0.2, 0.25) is 0 Å². The molecule has 188 valence electrons. The third-order valence-corrected chi connectivity index (χ3v) is 7.36. The molecule has 1 heterocycles. The number of amides is 2. The Balaban J connectivity index is 1.70. The molecule has 2 unspecified atom stereocenters. The normalized spacial score (nSPS) is 18.8. The molecular weight excluding hydrogens is 475 g/mol. The van der Waals surface area contributed by atoms with E-state index >= 15 is 0 Å². The maximum Gasteiger partial charge on any atom is 0.408 e. The van der Waals surface area contributed by atoms with Crippen molar-refractivity contribution in [2.45, 2.75) is 50.7 Å². The number of carbonyl (C=O) groups excluding carboxylic acids is 2. The van der Waals surface area contributed by atoms with Gasteiger partial charge in [-0.05, 0) is 30.9 Å². The Labute approximate surface area is 203 Å². The molecule has 10 nitrogen and oxygen atoms in total. The zero-order valence-electron chi connectivity index (χ0n) is 19.3. The molecule has 0 spiro atoms. The molecular formula is C24H29N2O8P. The van der Waals surface area contributed by atoms with Crippen LogP contribution in [0.25, 0.3) is 0 Å². The van der Waals surface area contributed by atoms with E-state index in [-0.39, 0.29) is 19.6 Å². The maximum absolute atomic E-state index is 13.2. The number of rotatable bonds is 10. The number of ether oxygens (including phenoxy) is 1. The lowest BCUT2D eigenvalue weighted by atomic mass is 10.1. The Hall–Kier alpha value is -3.20. The van der Waals surface area contributed by atoms with Crippen LogP contribution < -0.4 is 5.32 Å². The van der Waals surface area contributed by atoms with Gasteiger partial charge < -0.3 is 25.0 Å². The number of carboxylic acid groups (broad SMARTS) is 1. The third kappa shape index (κ3) is 7.39. The maximum atomic E-state index is 13.2. The van der Waals surface area contributed by atoms with E-state index in [2.05, 4.69) is 5.32 Å². The highest BCUT2D eigenvalue weighted by atomic mass is 31.2. The van der Waals surface area contributed by atoms with Crippen molar-refractivity contribution in [3.8, 4) is 0 Å². The molecule has 0 bridgehead atoms. The van der Waals surface area contributed by atoms with Crippen LogP contribution in [0, 0.1) is 0 Å². The van der Waals surface area contributed by atoms with E-state index in [0.717, 1.165) is 10.5 Å². The summed E-state index contributed by atoms with van der Waals surface area (Å²) in [5.41, 5.74) is 1.40. The van der Waals surface area contributed by atoms with Gasteiger partial charge in [-0.3, -0.25) is 13.9 Å². The molecule has 3 N–H and O–H groups in total. The lowest BCUT2D eigenvalue weighted by Gasteiger charge is -2.29. The van der Waals surface area contributed by atoms with Crippen molar-refractivity contribution < 1.29 is 38.2 Å². The third-order valence-electron chi connectivity index (χ3n) is 5.64. The van der Waals surface area contributed by atoms with Crippen molar-refractivity contribution in [3.63, 3.8) is 0 Å². The summed E-state index contributed by atoms with van der Waals surface area (Å²) in [4.78, 5) is 48.6. The summed E-state index contributed by atoms with van der Waals surface area (Å²) in [6.45, 7) is 1.47. The predicted molar refractivity (Wildman–Crippen MR) is 126 cm³/mol. The summed E-state index contributed by atoms with van der Waals surface area (Å²) in [7, 11) is -4.62. The molecule has 1 aliphatic rings. The van der Waals surface area contributed by atoms with Gasteiger partial charge in [0.1, 0.15) is 24.5 Å². The number of carbonyl (C=O) groups is 3. The van der Waals surface area contributed by atoms with E-state index in [1.54, 1.807) is 54.6 Å². The van der Waals surface area contributed by atoms with Crippen LogP contribution >= 0.6 is 7.60 Å². The predicted octanol–water partition coefficient (Wildman–Crippen LogP) is 3.15. The molecule has 1 aliphatic heterocycles. The van der Waals surface area contributed by atoms with Crippen LogP contribution in [0.5, 0.6) is 0 Å². The molecule has 11 heteroatoms. The molecule has 2 amide bonds. The summed E-state index contributed by atoms with van der Waals surface area (Å²) in [5, 5.41) is 11.7. The molecule has 1 fully saturated rings. The van der Waals surface area contributed by atoms with Gasteiger partial charge in [-0.15, -0.1) is 0 Å². The van der Waals surface area contributed by atoms with Gasteiger partial charge in [-0.1, -0.05) is 60.7 Å². The first kappa shape index (κ1) is 26.4. The number of likely N-dealkylation sites (tertiary alicyclic amines) is 1. The van der Waals surface area contributed by atoms with E-state index in [4.69, 9.17) is 9.26 Å². The number of carboxylic acids is 1. The van der Waals surface area contributed by atoms with E-state index in [1.807, 2.05) is 6.07 Å². The highest BCUT2D eigenvalue weighted by Crippen LogP contribution is 2.49. The van der Waals surface area contributed by atoms with Gasteiger partial charge in [-0.25, -0.2) is 9.59 Å². The standard InChI is InChI=1S/C24H29N2O8P/c1-17(22(27)26-14-8-13-20(26)23(28)29)34-35(31,32)21(15-18-9-4-2-5-10-18)25-24(30)33-16-19-11-6-3-7-12-19/h2-7,9-12,17,20-21H,8,13-16H2,1H3,(H,25,30)(H,28,29)(H,31,32)/t17-,20-,21?/m0/s1. The molecule has 0 aromatic heterocycles. The molecule has 0 aliphatic carbocycles. The van der Waals surface area contributed by atoms with Crippen LogP contribution in [0.15, 0.2) is 60.7 Å². The summed E-state index contributed by atoms with van der Waals surface area (Å²) >= 11 is 0. The second kappa shape index (κ2) is 12.0. The first-order valence-electron chi connectivity index (χ1n) is 11.2. The van der Waals surface area contributed by atoms with Crippen LogP contribution in [-0.4, -0.2) is 57.3 Å². The topological polar surface area (TPSA) is 142 Å². The summed E-state index contributed by atoms with van der Waals surface area (Å²) < 4.78 is 23.7. The van der Waals surface area contributed by atoms with Crippen molar-refractivity contribution in [1.82, 2.24) is 10.2 Å². The van der Waals surface area contributed by atoms with Gasteiger partial charge >= 0.3 is 19.7 Å². The van der Waals surface area contributed by atoms with Gasteiger partial charge in [0.15, 0.2) is 0 Å². The van der Waals surface area contributed by atoms with Crippen LogP contribution in [0.4, 0.5) is 4.79 Å². The summed E-state index contributed by atoms with van der Waals surface area (Å²) in [6.07, 6.45) is -1.56. The van der Waals surface area contributed by atoms with Crippen molar-refractivity contribution in [1.29, 1.82) is 0 Å². The lowest BCUT2D eigenvalue weighted by Crippen LogP contribution is -2.46. The Morgan fingerprint density at radius 3 is 2.29 bits per heavy atom. The number of hydrogen-bond donors (Lipinski definition) is 3. The molecule has 0 saturated carbocycles. The van der Waals surface area contributed by atoms with Crippen molar-refractivity contribution in [2.75, 3.05) is 6.54 Å². The lowest BCUT2D eigenvalue weighted by molar-refractivity contribution is -0.151. The van der Waals surface area contributed by atoms with E-state index < -0.39 is 43.5 Å². The number of alkyl carbamates (subject to hydrolysis) is 1. The number of hydrogen-bond acceptors (Lipinski definition) is 6. The number of nitrogens with zero attached hydrogens (tertiary/aromatic N) is 1. The average Bonchev–Trinajstić information content (AvgIpc) is 3.33. The van der Waals surface area contributed by atoms with Gasteiger partial charge in [0.05, 0.1) is 0 Å². The number of aliphatic carboxylic acids is 1. The van der Waals surface area contributed by atoms with Crippen LogP contribution in [0.1, 0.15) is 30.9 Å². The van der Waals surface area contributed by atoms with Crippen LogP contribution in [0.3, 0.4) is 0 Å². The van der Waals surface area contributed by atoms with E-state index in [9.17, 15) is 28.9 Å². The van der Waals surface area contributed by atoms with Gasteiger partial charge in [0.2, 0.25) is 0 Å². The second-order valence-electron chi connectivity index (χ2n) is 8.25. The van der Waals surface area contributed by atoms with Gasteiger partial charge in [0, 0.05) is 13.0 Å². The zero-order chi connectivity index (χ0) is 25.4. The average molecular weight is 504 g/mol. The first-order valence-corrected chi connectivity index (χ1v) is 12.9. The minimum absolute atomic E-state index is 0.0399. The SMILES string of the molecule is C[C@H](OP(=O)(O)C(Cc1ccccc1)NC(=O)OCc1ccccc1)C(=O)N1CCC[C@H]1C(=O)O. The summed E-state index contributed by atoms with van der Waals surface area (Å²) in [5.74, 6) is -3.24. The van der Waals surface area contributed by atoms with Crippen molar-refractivity contribution >= 4 is 25.6 Å². The minimum Gasteiger partial charge on any atom is -0.480 e. The molecule has 2 aromatic carbocycles. The monoisotopic (exact) mass is 504 g/mol. The number of benzene rings is 2. The molecule has 3 rings (SSSR count). The van der Waals surface area contributed by atoms with Crippen molar-refractivity contribution in [2.24, 2.45) is 0 Å². The van der Waals surface area contributed by atoms with E-state index in [0.29, 0.717) is 18.4 Å². The minimum atomic E-state index is -4.62. The highest BCUT2D eigenvalue weighted by molar-refractivity contribution is 7.53. The quantitative estimate of drug-likeness (QED) is 0.419. The zero-order valence-corrected chi connectivity index (χ0v) is 20.2. The van der Waals surface area contributed by atoms with Crippen LogP contribution in [-0.2, 0) is 36.4 Å². The smallest absolute Gasteiger partial charge is 0.408 e. The Bertz CT molecular complexity index is 1070. The van der Waals surface area contributed by atoms with E-state index in [1.165, 1.54) is 6.92 Å².